The first-order valence-corrected chi connectivity index (χ1v) is 12.3. The summed E-state index contributed by atoms with van der Waals surface area (Å²) >= 11 is 10.6. The zero-order chi connectivity index (χ0) is 21.8. The lowest BCUT2D eigenvalue weighted by molar-refractivity contribution is 0.0553. The van der Waals surface area contributed by atoms with Crippen molar-refractivity contribution in [1.29, 1.82) is 0 Å². The van der Waals surface area contributed by atoms with E-state index in [0.29, 0.717) is 23.8 Å². The number of pyridine rings is 1. The Balaban J connectivity index is 1.72. The van der Waals surface area contributed by atoms with Crippen molar-refractivity contribution < 1.29 is 9.53 Å². The Morgan fingerprint density at radius 3 is 2.66 bits per heavy atom. The quantitative estimate of drug-likeness (QED) is 0.307. The van der Waals surface area contributed by atoms with E-state index in [1.54, 1.807) is 0 Å². The molecule has 6 rings (SSSR count). The molecule has 1 fully saturated rings. The van der Waals surface area contributed by atoms with Crippen molar-refractivity contribution in [2.75, 3.05) is 13.2 Å². The third kappa shape index (κ3) is 3.13. The fraction of sp³-hybridized carbons (Fsp3) is 0.308. The van der Waals surface area contributed by atoms with Crippen LogP contribution in [-0.4, -0.2) is 28.5 Å². The number of halogens is 2. The molecule has 32 heavy (non-hydrogen) atoms. The van der Waals surface area contributed by atoms with E-state index in [4.69, 9.17) is 21.3 Å². The van der Waals surface area contributed by atoms with Gasteiger partial charge in [-0.3, -0.25) is 9.78 Å². The van der Waals surface area contributed by atoms with E-state index in [2.05, 4.69) is 63.0 Å². The van der Waals surface area contributed by atoms with E-state index in [0.717, 1.165) is 63.6 Å². The van der Waals surface area contributed by atoms with Crippen molar-refractivity contribution in [1.82, 2.24) is 9.55 Å². The number of carbonyl (C=O) groups is 1. The van der Waals surface area contributed by atoms with E-state index in [9.17, 15) is 4.79 Å². The third-order valence-corrected chi connectivity index (χ3v) is 7.82. The second-order valence-electron chi connectivity index (χ2n) is 8.73. The van der Waals surface area contributed by atoms with Crippen LogP contribution in [0.4, 0.5) is 0 Å². The molecule has 0 N–H and O–H groups in total. The van der Waals surface area contributed by atoms with Crippen LogP contribution in [0.1, 0.15) is 46.8 Å². The minimum absolute atomic E-state index is 0.0989. The van der Waals surface area contributed by atoms with Gasteiger partial charge in [0.2, 0.25) is 0 Å². The summed E-state index contributed by atoms with van der Waals surface area (Å²) in [5, 5.41) is 1.64. The second kappa shape index (κ2) is 7.98. The SMILES string of the molecule is O=C1CCc2c1cc1c(c2Cl)c2ncc(Br)cc2n1C(c1ccccc1)C1CCOCC1. The average Bonchev–Trinajstić information content (AvgIpc) is 3.34. The van der Waals surface area contributed by atoms with Crippen LogP contribution in [0.2, 0.25) is 5.02 Å². The molecule has 1 unspecified atom stereocenters. The van der Waals surface area contributed by atoms with Gasteiger partial charge >= 0.3 is 0 Å². The smallest absolute Gasteiger partial charge is 0.163 e. The molecule has 0 amide bonds. The highest BCUT2D eigenvalue weighted by atomic mass is 79.9. The molecule has 162 valence electrons. The lowest BCUT2D eigenvalue weighted by Gasteiger charge is -2.33. The number of nitrogens with zero attached hydrogens (tertiary/aromatic N) is 2. The van der Waals surface area contributed by atoms with Gasteiger partial charge in [0.1, 0.15) is 0 Å². The first-order valence-electron chi connectivity index (χ1n) is 11.1. The van der Waals surface area contributed by atoms with Crippen molar-refractivity contribution in [3.63, 3.8) is 0 Å². The molecule has 2 aromatic heterocycles. The number of rotatable bonds is 3. The van der Waals surface area contributed by atoms with Crippen LogP contribution in [0, 0.1) is 5.92 Å². The third-order valence-electron chi connectivity index (χ3n) is 6.97. The second-order valence-corrected chi connectivity index (χ2v) is 10.0. The van der Waals surface area contributed by atoms with E-state index >= 15 is 0 Å². The van der Waals surface area contributed by atoms with Gasteiger partial charge in [-0.2, -0.15) is 0 Å². The van der Waals surface area contributed by atoms with Crippen LogP contribution >= 0.6 is 27.5 Å². The highest BCUT2D eigenvalue weighted by Gasteiger charge is 2.33. The maximum Gasteiger partial charge on any atom is 0.163 e. The molecular formula is C26H22BrClN2O2. The van der Waals surface area contributed by atoms with Gasteiger partial charge in [0, 0.05) is 41.3 Å². The van der Waals surface area contributed by atoms with Gasteiger partial charge in [0.05, 0.1) is 27.6 Å². The van der Waals surface area contributed by atoms with E-state index in [-0.39, 0.29) is 11.8 Å². The summed E-state index contributed by atoms with van der Waals surface area (Å²) in [7, 11) is 0. The molecule has 0 saturated carbocycles. The molecule has 1 aliphatic carbocycles. The van der Waals surface area contributed by atoms with Crippen molar-refractivity contribution in [2.24, 2.45) is 5.92 Å². The van der Waals surface area contributed by atoms with Crippen LogP contribution < -0.4 is 0 Å². The van der Waals surface area contributed by atoms with Crippen molar-refractivity contribution >= 4 is 55.3 Å². The Hall–Kier alpha value is -2.21. The topological polar surface area (TPSA) is 44.1 Å². The van der Waals surface area contributed by atoms with Gasteiger partial charge in [-0.25, -0.2) is 0 Å². The lowest BCUT2D eigenvalue weighted by Crippen LogP contribution is -2.27. The van der Waals surface area contributed by atoms with Gasteiger partial charge in [0.25, 0.3) is 0 Å². The summed E-state index contributed by atoms with van der Waals surface area (Å²) in [5.74, 6) is 0.587. The Kier molecular flexibility index (Phi) is 5.09. The summed E-state index contributed by atoms with van der Waals surface area (Å²) in [6.07, 6.45) is 5.03. The molecule has 2 aromatic carbocycles. The molecule has 4 aromatic rings. The standard InChI is InChI=1S/C26H22BrClN2O2/c27-17-12-21-25(29-14-17)23-20(13-19-18(24(23)28)6-7-22(19)31)30(21)26(15-4-2-1-3-5-15)16-8-10-32-11-9-16/h1-5,12-14,16,26H,6-11H2. The first kappa shape index (κ1) is 20.4. The predicted molar refractivity (Wildman–Crippen MR) is 131 cm³/mol. The number of hydrogen-bond acceptors (Lipinski definition) is 3. The minimum Gasteiger partial charge on any atom is -0.381 e. The van der Waals surface area contributed by atoms with Crippen molar-refractivity contribution in [2.45, 2.75) is 31.7 Å². The highest BCUT2D eigenvalue weighted by Crippen LogP contribution is 2.45. The first-order chi connectivity index (χ1) is 15.6. The minimum atomic E-state index is 0.0989. The molecule has 0 spiro atoms. The Labute approximate surface area is 199 Å². The van der Waals surface area contributed by atoms with E-state index in [1.807, 2.05) is 6.20 Å². The van der Waals surface area contributed by atoms with Crippen LogP contribution in [0.5, 0.6) is 0 Å². The molecule has 1 aliphatic heterocycles. The van der Waals surface area contributed by atoms with Gasteiger partial charge in [-0.1, -0.05) is 41.9 Å². The normalized spacial score (nSPS) is 17.9. The average molecular weight is 510 g/mol. The maximum absolute atomic E-state index is 12.7. The van der Waals surface area contributed by atoms with Crippen molar-refractivity contribution in [3.05, 3.63) is 74.8 Å². The Morgan fingerprint density at radius 2 is 1.88 bits per heavy atom. The van der Waals surface area contributed by atoms with Crippen LogP contribution in [0.3, 0.4) is 0 Å². The van der Waals surface area contributed by atoms with Crippen molar-refractivity contribution in [3.8, 4) is 0 Å². The summed E-state index contributed by atoms with van der Waals surface area (Å²) in [6, 6.07) is 14.9. The molecule has 1 atom stereocenters. The van der Waals surface area contributed by atoms with Crippen LogP contribution in [0.15, 0.2) is 53.1 Å². The zero-order valence-electron chi connectivity index (χ0n) is 17.5. The van der Waals surface area contributed by atoms with Gasteiger partial charge in [-0.05, 0) is 64.4 Å². The number of benzene rings is 2. The van der Waals surface area contributed by atoms with Gasteiger partial charge < -0.3 is 9.30 Å². The zero-order valence-corrected chi connectivity index (χ0v) is 19.8. The summed E-state index contributed by atoms with van der Waals surface area (Å²) in [5.41, 5.74) is 5.90. The predicted octanol–water partition coefficient (Wildman–Crippen LogP) is 6.75. The molecule has 0 bridgehead atoms. The van der Waals surface area contributed by atoms with E-state index < -0.39 is 0 Å². The fourth-order valence-electron chi connectivity index (χ4n) is 5.51. The van der Waals surface area contributed by atoms with Crippen LogP contribution in [-0.2, 0) is 11.2 Å². The maximum atomic E-state index is 12.7. The number of hydrogen-bond donors (Lipinski definition) is 0. The molecule has 4 nitrogen and oxygen atoms in total. The number of carbonyl (C=O) groups excluding carboxylic acids is 1. The monoisotopic (exact) mass is 508 g/mol. The lowest BCUT2D eigenvalue weighted by atomic mass is 9.86. The molecule has 2 aliphatic rings. The number of Topliss-reactive ketones (excluding diaryl/α,β-unsaturated/α-hetero) is 1. The molecule has 1 saturated heterocycles. The fourth-order valence-corrected chi connectivity index (χ4v) is 6.21. The van der Waals surface area contributed by atoms with E-state index in [1.165, 1.54) is 5.56 Å². The molecule has 6 heteroatoms. The number of ether oxygens (including phenoxy) is 1. The highest BCUT2D eigenvalue weighted by molar-refractivity contribution is 9.10. The summed E-state index contributed by atoms with van der Waals surface area (Å²) < 4.78 is 9.00. The van der Waals surface area contributed by atoms with Gasteiger partial charge in [0.15, 0.2) is 5.78 Å². The molecule has 3 heterocycles. The summed E-state index contributed by atoms with van der Waals surface area (Å²) in [4.78, 5) is 17.5. The number of fused-ring (bicyclic) bond motifs is 4. The number of aromatic nitrogens is 2. The Bertz CT molecular complexity index is 1360. The van der Waals surface area contributed by atoms with Gasteiger partial charge in [-0.15, -0.1) is 0 Å². The molecular weight excluding hydrogens is 488 g/mol. The number of ketones is 1. The largest absolute Gasteiger partial charge is 0.381 e. The summed E-state index contributed by atoms with van der Waals surface area (Å²) in [6.45, 7) is 1.53. The molecule has 0 radical (unpaired) electrons. The Morgan fingerprint density at radius 1 is 1.09 bits per heavy atom. The van der Waals surface area contributed by atoms with Crippen LogP contribution in [0.25, 0.3) is 21.9 Å².